The molecule has 5 bridgehead atoms. The fourth-order valence-electron chi connectivity index (χ4n) is 8.29. The molecule has 0 radical (unpaired) electrons. The number of nitrogens with zero attached hydrogens (tertiary/aromatic N) is 2. The van der Waals surface area contributed by atoms with Gasteiger partial charge >= 0.3 is 5.97 Å². The minimum Gasteiger partial charge on any atom is -0.455 e. The van der Waals surface area contributed by atoms with Gasteiger partial charge in [-0.2, -0.15) is 0 Å². The molecule has 3 aromatic carbocycles. The third kappa shape index (κ3) is 6.70. The van der Waals surface area contributed by atoms with Gasteiger partial charge in [-0.3, -0.25) is 19.2 Å². The SMILES string of the molecule is C[C@H]1NC(=O)CC/C=C\CN(c2ccc3ccccc3c2)C(=O)[C@@H]2N(CCCCCCO)C(=O)[C@H]3[C@H](C(=O)O[C@@H]1c1ccccc1)[C@H]1O[C@@]23C=C1Br. The Morgan fingerprint density at radius 3 is 2.42 bits per heavy atom. The number of aliphatic hydroxyl groups excluding tert-OH is 1. The van der Waals surface area contributed by atoms with Crippen molar-refractivity contribution in [2.45, 2.75) is 75.3 Å². The summed E-state index contributed by atoms with van der Waals surface area (Å²) < 4.78 is 13.6. The van der Waals surface area contributed by atoms with Gasteiger partial charge in [0.2, 0.25) is 11.8 Å². The highest BCUT2D eigenvalue weighted by molar-refractivity contribution is 9.11. The number of ether oxygens (including phenoxy) is 2. The lowest BCUT2D eigenvalue weighted by Crippen LogP contribution is -2.56. The van der Waals surface area contributed by atoms with E-state index in [2.05, 4.69) is 21.2 Å². The molecule has 272 valence electrons. The summed E-state index contributed by atoms with van der Waals surface area (Å²) in [6.45, 7) is 2.38. The molecule has 2 saturated heterocycles. The number of likely N-dealkylation sites (tertiary alicyclic amines) is 1. The van der Waals surface area contributed by atoms with Crippen molar-refractivity contribution in [3.8, 4) is 0 Å². The van der Waals surface area contributed by atoms with Gasteiger partial charge in [0.1, 0.15) is 29.8 Å². The number of nitrogens with one attached hydrogen (secondary N) is 1. The number of rotatable bonds is 8. The molecular weight excluding hydrogens is 726 g/mol. The average Bonchev–Trinajstić information content (AvgIpc) is 3.74. The van der Waals surface area contributed by atoms with E-state index in [-0.39, 0.29) is 43.8 Å². The zero-order valence-corrected chi connectivity index (χ0v) is 30.7. The van der Waals surface area contributed by atoms with Crippen molar-refractivity contribution in [1.29, 1.82) is 0 Å². The van der Waals surface area contributed by atoms with Gasteiger partial charge in [0, 0.05) is 36.3 Å². The summed E-state index contributed by atoms with van der Waals surface area (Å²) in [4.78, 5) is 60.8. The number of anilines is 1. The van der Waals surface area contributed by atoms with Crippen LogP contribution in [0.1, 0.15) is 57.1 Å². The van der Waals surface area contributed by atoms with E-state index in [9.17, 15) is 19.5 Å². The number of carbonyl (C=O) groups is 4. The van der Waals surface area contributed by atoms with Crippen LogP contribution in [-0.2, 0) is 28.7 Å². The first-order valence-corrected chi connectivity index (χ1v) is 19.0. The van der Waals surface area contributed by atoms with Gasteiger partial charge in [0.05, 0.1) is 12.0 Å². The lowest BCUT2D eigenvalue weighted by molar-refractivity contribution is -0.161. The quantitative estimate of drug-likeness (QED) is 0.170. The molecule has 7 rings (SSSR count). The molecular formula is C41H44BrN3O7. The molecule has 7 atom stereocenters. The number of unbranched alkanes of at least 4 members (excludes halogenated alkanes) is 3. The molecule has 0 aromatic heterocycles. The number of carbonyl (C=O) groups excluding carboxylic acids is 4. The van der Waals surface area contributed by atoms with E-state index in [4.69, 9.17) is 9.47 Å². The Labute approximate surface area is 311 Å². The van der Waals surface area contributed by atoms with Crippen LogP contribution in [0.5, 0.6) is 0 Å². The highest BCUT2D eigenvalue weighted by Crippen LogP contribution is 2.59. The van der Waals surface area contributed by atoms with E-state index in [0.29, 0.717) is 35.0 Å². The second kappa shape index (κ2) is 15.3. The van der Waals surface area contributed by atoms with Gasteiger partial charge in [0.25, 0.3) is 5.91 Å². The Kier molecular flexibility index (Phi) is 10.6. The third-order valence-electron chi connectivity index (χ3n) is 10.8. The van der Waals surface area contributed by atoms with Crippen LogP contribution in [0.3, 0.4) is 0 Å². The van der Waals surface area contributed by atoms with Gasteiger partial charge < -0.3 is 29.7 Å². The van der Waals surface area contributed by atoms with Gasteiger partial charge in [0.15, 0.2) is 0 Å². The summed E-state index contributed by atoms with van der Waals surface area (Å²) in [7, 11) is 0. The molecule has 2 N–H and O–H groups in total. The summed E-state index contributed by atoms with van der Waals surface area (Å²) in [5.41, 5.74) is -0.0529. The number of hydrogen-bond acceptors (Lipinski definition) is 7. The van der Waals surface area contributed by atoms with Crippen LogP contribution >= 0.6 is 15.9 Å². The predicted molar refractivity (Wildman–Crippen MR) is 200 cm³/mol. The number of hydrogen-bond donors (Lipinski definition) is 2. The fourth-order valence-corrected chi connectivity index (χ4v) is 9.02. The third-order valence-corrected chi connectivity index (χ3v) is 11.4. The van der Waals surface area contributed by atoms with Crippen LogP contribution < -0.4 is 10.2 Å². The zero-order chi connectivity index (χ0) is 36.4. The van der Waals surface area contributed by atoms with E-state index in [1.165, 1.54) is 0 Å². The molecule has 0 unspecified atom stereocenters. The number of halogens is 1. The monoisotopic (exact) mass is 769 g/mol. The van der Waals surface area contributed by atoms with E-state index < -0.39 is 47.7 Å². The van der Waals surface area contributed by atoms with Crippen molar-refractivity contribution in [2.75, 3.05) is 24.6 Å². The van der Waals surface area contributed by atoms with Crippen molar-refractivity contribution in [1.82, 2.24) is 10.2 Å². The molecule has 4 aliphatic rings. The van der Waals surface area contributed by atoms with E-state index in [0.717, 1.165) is 23.6 Å². The number of cyclic esters (lactones) is 1. The number of allylic oxidation sites excluding steroid dienone is 1. The van der Waals surface area contributed by atoms with Crippen LogP contribution in [0, 0.1) is 11.8 Å². The number of amides is 3. The molecule has 3 aromatic rings. The molecule has 52 heavy (non-hydrogen) atoms. The second-order valence-electron chi connectivity index (χ2n) is 14.1. The Morgan fingerprint density at radius 2 is 1.63 bits per heavy atom. The second-order valence-corrected chi connectivity index (χ2v) is 15.0. The smallest absolute Gasteiger partial charge is 0.313 e. The predicted octanol–water partition coefficient (Wildman–Crippen LogP) is 5.74. The van der Waals surface area contributed by atoms with Crippen LogP contribution in [0.25, 0.3) is 10.8 Å². The summed E-state index contributed by atoms with van der Waals surface area (Å²) in [5, 5.41) is 14.3. The number of esters is 1. The normalized spacial score (nSPS) is 29.9. The van der Waals surface area contributed by atoms with Crippen LogP contribution in [0.2, 0.25) is 0 Å². The summed E-state index contributed by atoms with van der Waals surface area (Å²) in [5.74, 6) is -3.50. The van der Waals surface area contributed by atoms with Gasteiger partial charge in [-0.05, 0) is 60.7 Å². The first kappa shape index (κ1) is 36.1. The standard InChI is InChI=1S/C41H44BrN3O7/c1-26-35(28-15-6-4-7-16-28)51-40(50)33-34-38(48)45(22-11-2-3-13-23-46)37(41(34)25-31(42)36(33)52-41)39(49)44(21-12-5-8-18-32(47)43-26)30-20-19-27-14-9-10-17-29(27)24-30/h4-7,9-10,12,14-17,19-20,24-26,33-37,46H,2-3,8,11,13,18,21-23H2,1H3,(H,43,47)/b12-5-/t26-,33+,34-,35+,36+,37+,41-/m1/s1. The van der Waals surface area contributed by atoms with Crippen molar-refractivity contribution in [3.63, 3.8) is 0 Å². The van der Waals surface area contributed by atoms with Gasteiger partial charge in [-0.1, -0.05) is 102 Å². The highest BCUT2D eigenvalue weighted by Gasteiger charge is 2.75. The maximum absolute atomic E-state index is 15.2. The Hall–Kier alpha value is -4.32. The van der Waals surface area contributed by atoms with Crippen LogP contribution in [0.4, 0.5) is 5.69 Å². The summed E-state index contributed by atoms with van der Waals surface area (Å²) >= 11 is 3.65. The Bertz CT molecular complexity index is 1900. The fraction of sp³-hybridized carbons (Fsp3) is 0.415. The summed E-state index contributed by atoms with van der Waals surface area (Å²) in [6, 6.07) is 21.4. The largest absolute Gasteiger partial charge is 0.455 e. The Balaban J connectivity index is 1.32. The topological polar surface area (TPSA) is 125 Å². The highest BCUT2D eigenvalue weighted by atomic mass is 79.9. The van der Waals surface area contributed by atoms with Crippen molar-refractivity contribution in [2.24, 2.45) is 11.8 Å². The van der Waals surface area contributed by atoms with E-state index in [1.807, 2.05) is 91.0 Å². The molecule has 4 aliphatic heterocycles. The number of fused-ring (bicyclic) bond motifs is 3. The van der Waals surface area contributed by atoms with Gasteiger partial charge in [-0.25, -0.2) is 0 Å². The van der Waals surface area contributed by atoms with Crippen LogP contribution in [0.15, 0.2) is 95.5 Å². The van der Waals surface area contributed by atoms with Crippen molar-refractivity contribution < 1.29 is 33.8 Å². The number of benzene rings is 3. The lowest BCUT2D eigenvalue weighted by atomic mass is 9.74. The maximum Gasteiger partial charge on any atom is 0.313 e. The zero-order valence-electron chi connectivity index (χ0n) is 29.2. The molecule has 0 aliphatic carbocycles. The maximum atomic E-state index is 15.2. The minimum absolute atomic E-state index is 0.0906. The summed E-state index contributed by atoms with van der Waals surface area (Å²) in [6.07, 6.45) is 7.40. The molecule has 1 spiro atoms. The number of aliphatic hydroxyl groups is 1. The van der Waals surface area contributed by atoms with E-state index in [1.54, 1.807) is 16.7 Å². The molecule has 2 fully saturated rings. The van der Waals surface area contributed by atoms with Crippen molar-refractivity contribution >= 4 is 56.1 Å². The molecule has 11 heteroatoms. The first-order valence-electron chi connectivity index (χ1n) is 18.2. The molecule has 10 nitrogen and oxygen atoms in total. The molecule has 4 heterocycles. The lowest BCUT2D eigenvalue weighted by Gasteiger charge is -2.36. The molecule has 0 saturated carbocycles. The van der Waals surface area contributed by atoms with Crippen LogP contribution in [-0.4, -0.2) is 77.2 Å². The Morgan fingerprint density at radius 1 is 0.885 bits per heavy atom. The van der Waals surface area contributed by atoms with Gasteiger partial charge in [-0.15, -0.1) is 0 Å². The van der Waals surface area contributed by atoms with E-state index >= 15 is 4.79 Å². The average molecular weight is 771 g/mol. The minimum atomic E-state index is -1.42. The molecule has 3 amide bonds. The first-order chi connectivity index (χ1) is 25.2. The van der Waals surface area contributed by atoms with Crippen molar-refractivity contribution in [3.05, 3.63) is 101 Å².